The number of nitrogens with zero attached hydrogens (tertiary/aromatic N) is 6. The number of benzene rings is 1. The fourth-order valence-corrected chi connectivity index (χ4v) is 3.15. The Balaban J connectivity index is 1.58. The minimum absolute atomic E-state index is 0.145. The number of rotatable bonds is 4. The van der Waals surface area contributed by atoms with E-state index in [4.69, 9.17) is 0 Å². The van der Waals surface area contributed by atoms with Gasteiger partial charge in [-0.25, -0.2) is 9.67 Å². The van der Waals surface area contributed by atoms with E-state index in [1.807, 2.05) is 35.8 Å². The Bertz CT molecular complexity index is 911. The first-order valence-corrected chi connectivity index (χ1v) is 8.48. The average Bonchev–Trinajstić information content (AvgIpc) is 3.28. The molecule has 8 heteroatoms. The molecule has 0 saturated heterocycles. The van der Waals surface area contributed by atoms with Crippen LogP contribution in [0.2, 0.25) is 0 Å². The van der Waals surface area contributed by atoms with E-state index in [9.17, 15) is 4.79 Å². The smallest absolute Gasteiger partial charge is 0.273 e. The molecule has 1 aliphatic rings. The van der Waals surface area contributed by atoms with Gasteiger partial charge in [0.05, 0.1) is 6.20 Å². The highest BCUT2D eigenvalue weighted by Crippen LogP contribution is 2.21. The monoisotopic (exact) mass is 337 g/mol. The number of nitrogens with one attached hydrogen (secondary N) is 1. The standard InChI is InChI=1S/C17H19N7O/c1-2-24-16(20-21-22-24)12-6-5-7-13(10-12)19-17(25)14-11-18-15-8-3-4-9-23(14)15/h5-7,10-11H,2-4,8-9H2,1H3,(H,19,25). The third-order valence-corrected chi connectivity index (χ3v) is 4.41. The summed E-state index contributed by atoms with van der Waals surface area (Å²) in [6, 6.07) is 7.54. The number of aryl methyl sites for hydroxylation is 2. The quantitative estimate of drug-likeness (QED) is 0.788. The molecule has 0 bridgehead atoms. The molecule has 1 amide bonds. The van der Waals surface area contributed by atoms with Crippen LogP contribution in [0, 0.1) is 0 Å². The molecule has 1 N–H and O–H groups in total. The summed E-state index contributed by atoms with van der Waals surface area (Å²) in [5.74, 6) is 1.53. The molecule has 1 aromatic carbocycles. The summed E-state index contributed by atoms with van der Waals surface area (Å²) >= 11 is 0. The van der Waals surface area contributed by atoms with Crippen molar-refractivity contribution in [3.63, 3.8) is 0 Å². The highest BCUT2D eigenvalue weighted by molar-refractivity contribution is 6.03. The Hall–Kier alpha value is -3.03. The first-order valence-electron chi connectivity index (χ1n) is 8.48. The van der Waals surface area contributed by atoms with E-state index >= 15 is 0 Å². The lowest BCUT2D eigenvalue weighted by molar-refractivity contribution is 0.101. The lowest BCUT2D eigenvalue weighted by atomic mass is 10.1. The van der Waals surface area contributed by atoms with Crippen molar-refractivity contribution >= 4 is 11.6 Å². The number of carbonyl (C=O) groups is 1. The van der Waals surface area contributed by atoms with Gasteiger partial charge in [-0.1, -0.05) is 12.1 Å². The van der Waals surface area contributed by atoms with Gasteiger partial charge in [0.1, 0.15) is 11.5 Å². The maximum atomic E-state index is 12.7. The molecule has 3 heterocycles. The van der Waals surface area contributed by atoms with Crippen LogP contribution in [0.3, 0.4) is 0 Å². The molecular weight excluding hydrogens is 318 g/mol. The van der Waals surface area contributed by atoms with Crippen LogP contribution in [-0.2, 0) is 19.5 Å². The van der Waals surface area contributed by atoms with Gasteiger partial charge in [0.15, 0.2) is 5.82 Å². The molecule has 8 nitrogen and oxygen atoms in total. The van der Waals surface area contributed by atoms with E-state index in [0.29, 0.717) is 23.8 Å². The van der Waals surface area contributed by atoms with Crippen molar-refractivity contribution in [1.29, 1.82) is 0 Å². The van der Waals surface area contributed by atoms with Crippen molar-refractivity contribution in [2.75, 3.05) is 5.32 Å². The Morgan fingerprint density at radius 3 is 3.12 bits per heavy atom. The molecule has 2 aromatic heterocycles. The molecule has 0 radical (unpaired) electrons. The first kappa shape index (κ1) is 15.5. The van der Waals surface area contributed by atoms with Crippen molar-refractivity contribution in [1.82, 2.24) is 29.8 Å². The molecule has 4 rings (SSSR count). The number of amides is 1. The predicted molar refractivity (Wildman–Crippen MR) is 92.0 cm³/mol. The summed E-state index contributed by atoms with van der Waals surface area (Å²) in [7, 11) is 0. The van der Waals surface area contributed by atoms with E-state index in [0.717, 1.165) is 37.2 Å². The SMILES string of the molecule is CCn1nnnc1-c1cccc(NC(=O)c2cnc3n2CCCC3)c1. The van der Waals surface area contributed by atoms with Crippen LogP contribution in [0.25, 0.3) is 11.4 Å². The van der Waals surface area contributed by atoms with Crippen molar-refractivity contribution in [3.05, 3.63) is 42.0 Å². The third kappa shape index (κ3) is 2.90. The van der Waals surface area contributed by atoms with Crippen molar-refractivity contribution in [2.24, 2.45) is 0 Å². The number of imidazole rings is 1. The zero-order valence-electron chi connectivity index (χ0n) is 14.0. The van der Waals surface area contributed by atoms with Gasteiger partial charge < -0.3 is 9.88 Å². The Morgan fingerprint density at radius 2 is 2.24 bits per heavy atom. The van der Waals surface area contributed by atoms with Gasteiger partial charge in [0, 0.05) is 30.8 Å². The number of tetrazole rings is 1. The molecule has 128 valence electrons. The van der Waals surface area contributed by atoms with Crippen LogP contribution in [0.15, 0.2) is 30.5 Å². The molecule has 0 aliphatic carbocycles. The molecule has 0 fully saturated rings. The molecule has 0 atom stereocenters. The van der Waals surface area contributed by atoms with Crippen molar-refractivity contribution in [3.8, 4) is 11.4 Å². The number of hydrogen-bond acceptors (Lipinski definition) is 5. The van der Waals surface area contributed by atoms with Crippen molar-refractivity contribution < 1.29 is 4.79 Å². The highest BCUT2D eigenvalue weighted by atomic mass is 16.2. The summed E-state index contributed by atoms with van der Waals surface area (Å²) < 4.78 is 3.73. The van der Waals surface area contributed by atoms with Gasteiger partial charge in [-0.15, -0.1) is 5.10 Å². The number of carbonyl (C=O) groups excluding carboxylic acids is 1. The van der Waals surface area contributed by atoms with Crippen molar-refractivity contribution in [2.45, 2.75) is 39.3 Å². The fourth-order valence-electron chi connectivity index (χ4n) is 3.15. The molecule has 0 unspecified atom stereocenters. The summed E-state index contributed by atoms with van der Waals surface area (Å²) in [6.07, 6.45) is 4.81. The Morgan fingerprint density at radius 1 is 1.32 bits per heavy atom. The zero-order chi connectivity index (χ0) is 17.2. The number of aromatic nitrogens is 6. The summed E-state index contributed by atoms with van der Waals surface area (Å²) in [5.41, 5.74) is 2.18. The van der Waals surface area contributed by atoms with Crippen LogP contribution in [0.1, 0.15) is 36.1 Å². The lowest BCUT2D eigenvalue weighted by Gasteiger charge is -2.16. The minimum atomic E-state index is -0.145. The van der Waals surface area contributed by atoms with E-state index in [2.05, 4.69) is 25.8 Å². The van der Waals surface area contributed by atoms with Crippen LogP contribution < -0.4 is 5.32 Å². The van der Waals surface area contributed by atoms with Crippen LogP contribution in [0.4, 0.5) is 5.69 Å². The average molecular weight is 337 g/mol. The van der Waals surface area contributed by atoms with Crippen LogP contribution >= 0.6 is 0 Å². The minimum Gasteiger partial charge on any atom is -0.324 e. The molecule has 3 aromatic rings. The second kappa shape index (κ2) is 6.46. The van der Waals surface area contributed by atoms with Gasteiger partial charge in [0.2, 0.25) is 0 Å². The predicted octanol–water partition coefficient (Wildman–Crippen LogP) is 2.15. The second-order valence-corrected chi connectivity index (χ2v) is 6.02. The van der Waals surface area contributed by atoms with Gasteiger partial charge in [-0.2, -0.15) is 0 Å². The largest absolute Gasteiger partial charge is 0.324 e. The Kier molecular flexibility index (Phi) is 4.01. The van der Waals surface area contributed by atoms with Gasteiger partial charge in [-0.05, 0) is 42.3 Å². The molecule has 0 saturated carbocycles. The summed E-state index contributed by atoms with van der Waals surface area (Å²) in [4.78, 5) is 17.0. The number of fused-ring (bicyclic) bond motifs is 1. The lowest BCUT2D eigenvalue weighted by Crippen LogP contribution is -2.20. The maximum Gasteiger partial charge on any atom is 0.273 e. The second-order valence-electron chi connectivity index (χ2n) is 6.02. The molecule has 0 spiro atoms. The summed E-state index contributed by atoms with van der Waals surface area (Å²) in [6.45, 7) is 3.51. The molecular formula is C17H19N7O. The van der Waals surface area contributed by atoms with Gasteiger partial charge in [-0.3, -0.25) is 4.79 Å². The molecule has 25 heavy (non-hydrogen) atoms. The fraction of sp³-hybridized carbons (Fsp3) is 0.353. The van der Waals surface area contributed by atoms with Gasteiger partial charge >= 0.3 is 0 Å². The Labute approximate surface area is 144 Å². The van der Waals surface area contributed by atoms with Crippen LogP contribution in [0.5, 0.6) is 0 Å². The van der Waals surface area contributed by atoms with Gasteiger partial charge in [0.25, 0.3) is 5.91 Å². The van der Waals surface area contributed by atoms with E-state index in [-0.39, 0.29) is 5.91 Å². The van der Waals surface area contributed by atoms with Crippen LogP contribution in [-0.4, -0.2) is 35.7 Å². The van der Waals surface area contributed by atoms with E-state index < -0.39 is 0 Å². The van der Waals surface area contributed by atoms with E-state index in [1.54, 1.807) is 10.9 Å². The topological polar surface area (TPSA) is 90.5 Å². The third-order valence-electron chi connectivity index (χ3n) is 4.41. The number of anilines is 1. The first-order chi connectivity index (χ1) is 12.3. The zero-order valence-corrected chi connectivity index (χ0v) is 14.0. The maximum absolute atomic E-state index is 12.7. The van der Waals surface area contributed by atoms with E-state index in [1.165, 1.54) is 0 Å². The number of hydrogen-bond donors (Lipinski definition) is 1. The summed E-state index contributed by atoms with van der Waals surface area (Å²) in [5, 5.41) is 14.7. The normalized spacial score (nSPS) is 13.5. The molecule has 1 aliphatic heterocycles. The highest BCUT2D eigenvalue weighted by Gasteiger charge is 2.19.